The molecule has 1 aromatic heterocycles. The van der Waals surface area contributed by atoms with Gasteiger partial charge in [0.2, 0.25) is 0 Å². The van der Waals surface area contributed by atoms with Crippen LogP contribution < -0.4 is 5.32 Å². The number of carbonyl (C=O) groups is 2. The van der Waals surface area contributed by atoms with E-state index in [0.717, 1.165) is 12.0 Å². The number of rotatable bonds is 7. The zero-order valence-electron chi connectivity index (χ0n) is 17.1. The Bertz CT molecular complexity index is 1040. The number of tetrazole rings is 1. The van der Waals surface area contributed by atoms with E-state index in [4.69, 9.17) is 4.74 Å². The van der Waals surface area contributed by atoms with Crippen molar-refractivity contribution < 1.29 is 14.3 Å². The van der Waals surface area contributed by atoms with Crippen LogP contribution in [-0.2, 0) is 20.7 Å². The number of esters is 1. The van der Waals surface area contributed by atoms with Crippen molar-refractivity contribution >= 4 is 29.3 Å². The Hall–Kier alpha value is -3.81. The summed E-state index contributed by atoms with van der Waals surface area (Å²) in [6, 6.07) is 16.7. The molecule has 0 aliphatic carbocycles. The van der Waals surface area contributed by atoms with Gasteiger partial charge in [0, 0.05) is 5.69 Å². The third-order valence-corrected chi connectivity index (χ3v) is 4.45. The van der Waals surface area contributed by atoms with E-state index in [9.17, 15) is 9.59 Å². The van der Waals surface area contributed by atoms with Crippen molar-refractivity contribution in [2.45, 2.75) is 33.3 Å². The highest BCUT2D eigenvalue weighted by atomic mass is 16.5. The van der Waals surface area contributed by atoms with Crippen molar-refractivity contribution in [3.8, 4) is 0 Å². The van der Waals surface area contributed by atoms with Crippen LogP contribution >= 0.6 is 0 Å². The molecule has 8 nitrogen and oxygen atoms in total. The number of hydrogen-bond donors (Lipinski definition) is 1. The van der Waals surface area contributed by atoms with Crippen molar-refractivity contribution in [2.24, 2.45) is 0 Å². The largest absolute Gasteiger partial charge is 0.448 e. The summed E-state index contributed by atoms with van der Waals surface area (Å²) in [6.45, 7) is 5.24. The number of hydrogen-bond acceptors (Lipinski definition) is 6. The molecule has 0 radical (unpaired) electrons. The highest BCUT2D eigenvalue weighted by Crippen LogP contribution is 2.16. The second kappa shape index (κ2) is 9.60. The lowest BCUT2D eigenvalue weighted by atomic mass is 10.1. The predicted molar refractivity (Wildman–Crippen MR) is 113 cm³/mol. The summed E-state index contributed by atoms with van der Waals surface area (Å²) in [7, 11) is 0. The van der Waals surface area contributed by atoms with E-state index >= 15 is 0 Å². The highest BCUT2D eigenvalue weighted by molar-refractivity contribution is 6.16. The van der Waals surface area contributed by atoms with Gasteiger partial charge in [0.15, 0.2) is 17.6 Å². The summed E-state index contributed by atoms with van der Waals surface area (Å²) in [5, 5.41) is 14.0. The normalized spacial score (nSPS) is 12.3. The monoisotopic (exact) mass is 405 g/mol. The van der Waals surface area contributed by atoms with Gasteiger partial charge in [0.05, 0.1) is 0 Å². The summed E-state index contributed by atoms with van der Waals surface area (Å²) in [5.41, 5.74) is 2.68. The van der Waals surface area contributed by atoms with E-state index < -0.39 is 18.0 Å². The molecule has 154 valence electrons. The number of ether oxygens (including phenoxy) is 1. The standard InChI is InChI=1S/C22H23N5O3/c1-4-17-10-12-19(13-11-17)23-21(28)15(2)30-22(29)20(27-16(3)24-25-26-27)14-18-8-6-5-7-9-18/h5-15H,4H2,1-3H3,(H,23,28)/b20-14-. The Morgan fingerprint density at radius 2 is 1.83 bits per heavy atom. The van der Waals surface area contributed by atoms with Crippen molar-refractivity contribution in [3.05, 3.63) is 71.5 Å². The lowest BCUT2D eigenvalue weighted by molar-refractivity contribution is -0.147. The molecule has 0 saturated heterocycles. The summed E-state index contributed by atoms with van der Waals surface area (Å²) in [5.74, 6) is -0.722. The van der Waals surface area contributed by atoms with E-state index in [0.29, 0.717) is 11.5 Å². The fourth-order valence-corrected chi connectivity index (χ4v) is 2.71. The fraction of sp³-hybridized carbons (Fsp3) is 0.227. The molecule has 1 unspecified atom stereocenters. The molecule has 3 rings (SSSR count). The number of benzene rings is 2. The van der Waals surface area contributed by atoms with Crippen LogP contribution in [0.3, 0.4) is 0 Å². The van der Waals surface area contributed by atoms with Gasteiger partial charge in [-0.05, 0) is 60.0 Å². The topological polar surface area (TPSA) is 99.0 Å². The maximum absolute atomic E-state index is 12.9. The van der Waals surface area contributed by atoms with Gasteiger partial charge in [0.1, 0.15) is 0 Å². The molecule has 0 spiro atoms. The third kappa shape index (κ3) is 5.16. The molecule has 0 aliphatic heterocycles. The minimum absolute atomic E-state index is 0.107. The van der Waals surface area contributed by atoms with Crippen LogP contribution in [0.25, 0.3) is 11.8 Å². The second-order valence-electron chi connectivity index (χ2n) is 6.67. The summed E-state index contributed by atoms with van der Waals surface area (Å²) in [6.07, 6.45) is 1.51. The minimum Gasteiger partial charge on any atom is -0.448 e. The maximum atomic E-state index is 12.9. The molecule has 0 bridgehead atoms. The third-order valence-electron chi connectivity index (χ3n) is 4.45. The molecule has 1 amide bonds. The Kier molecular flexibility index (Phi) is 6.69. The quantitative estimate of drug-likeness (QED) is 0.479. The van der Waals surface area contributed by atoms with Crippen molar-refractivity contribution in [2.75, 3.05) is 5.32 Å². The van der Waals surface area contributed by atoms with Crippen LogP contribution in [-0.4, -0.2) is 38.2 Å². The van der Waals surface area contributed by atoms with Crippen LogP contribution in [0, 0.1) is 6.92 Å². The first-order valence-corrected chi connectivity index (χ1v) is 9.60. The minimum atomic E-state index is -1.01. The number of carbonyl (C=O) groups excluding carboxylic acids is 2. The van der Waals surface area contributed by atoms with Gasteiger partial charge >= 0.3 is 5.97 Å². The Morgan fingerprint density at radius 1 is 1.13 bits per heavy atom. The average molecular weight is 405 g/mol. The second-order valence-corrected chi connectivity index (χ2v) is 6.67. The van der Waals surface area contributed by atoms with Gasteiger partial charge in [-0.2, -0.15) is 4.68 Å². The van der Waals surface area contributed by atoms with E-state index in [1.54, 1.807) is 13.0 Å². The molecule has 2 aromatic carbocycles. The van der Waals surface area contributed by atoms with Crippen LogP contribution in [0.1, 0.15) is 30.8 Å². The number of amides is 1. The van der Waals surface area contributed by atoms with E-state index in [1.807, 2.05) is 54.6 Å². The van der Waals surface area contributed by atoms with E-state index in [1.165, 1.54) is 17.2 Å². The molecule has 0 aliphatic rings. The first kappa shape index (κ1) is 20.9. The first-order valence-electron chi connectivity index (χ1n) is 9.60. The van der Waals surface area contributed by atoms with E-state index in [-0.39, 0.29) is 5.70 Å². The molecule has 0 fully saturated rings. The van der Waals surface area contributed by atoms with E-state index in [2.05, 4.69) is 27.8 Å². The zero-order chi connectivity index (χ0) is 21.5. The lowest BCUT2D eigenvalue weighted by Crippen LogP contribution is -2.31. The summed E-state index contributed by atoms with van der Waals surface area (Å²) in [4.78, 5) is 25.3. The lowest BCUT2D eigenvalue weighted by Gasteiger charge is -2.15. The molecule has 30 heavy (non-hydrogen) atoms. The van der Waals surface area contributed by atoms with Gasteiger partial charge in [-0.25, -0.2) is 4.79 Å². The molecule has 1 atom stereocenters. The van der Waals surface area contributed by atoms with Crippen molar-refractivity contribution in [1.82, 2.24) is 20.2 Å². The smallest absolute Gasteiger partial charge is 0.357 e. The van der Waals surface area contributed by atoms with Crippen LogP contribution in [0.15, 0.2) is 54.6 Å². The molecule has 0 saturated carbocycles. The molecular weight excluding hydrogens is 382 g/mol. The number of nitrogens with one attached hydrogen (secondary N) is 1. The Balaban J connectivity index is 1.75. The van der Waals surface area contributed by atoms with Crippen LogP contribution in [0.4, 0.5) is 5.69 Å². The molecule has 8 heteroatoms. The first-order chi connectivity index (χ1) is 14.5. The SMILES string of the molecule is CCc1ccc(NC(=O)C(C)OC(=O)/C(=C/c2ccccc2)n2nnnc2C)cc1. The van der Waals surface area contributed by atoms with Crippen molar-refractivity contribution in [3.63, 3.8) is 0 Å². The number of anilines is 1. The molecule has 1 heterocycles. The van der Waals surface area contributed by atoms with Crippen molar-refractivity contribution in [1.29, 1.82) is 0 Å². The van der Waals surface area contributed by atoms with Gasteiger partial charge in [-0.3, -0.25) is 4.79 Å². The Morgan fingerprint density at radius 3 is 2.43 bits per heavy atom. The Labute approximate surface area is 174 Å². The van der Waals surface area contributed by atoms with Gasteiger partial charge in [-0.1, -0.05) is 49.4 Å². The summed E-state index contributed by atoms with van der Waals surface area (Å²) < 4.78 is 6.69. The summed E-state index contributed by atoms with van der Waals surface area (Å²) >= 11 is 0. The fourth-order valence-electron chi connectivity index (χ4n) is 2.71. The number of aromatic nitrogens is 4. The molecule has 3 aromatic rings. The number of nitrogens with zero attached hydrogens (tertiary/aromatic N) is 4. The van der Waals surface area contributed by atoms with Gasteiger partial charge in [0.25, 0.3) is 5.91 Å². The molecular formula is C22H23N5O3. The number of aryl methyl sites for hydroxylation is 2. The highest BCUT2D eigenvalue weighted by Gasteiger charge is 2.23. The van der Waals surface area contributed by atoms with Gasteiger partial charge in [-0.15, -0.1) is 5.10 Å². The maximum Gasteiger partial charge on any atom is 0.357 e. The van der Waals surface area contributed by atoms with Crippen LogP contribution in [0.2, 0.25) is 0 Å². The predicted octanol–water partition coefficient (Wildman–Crippen LogP) is 3.11. The van der Waals surface area contributed by atoms with Crippen LogP contribution in [0.5, 0.6) is 0 Å². The zero-order valence-corrected chi connectivity index (χ0v) is 17.1. The molecule has 1 N–H and O–H groups in total. The average Bonchev–Trinajstić information content (AvgIpc) is 3.18. The van der Waals surface area contributed by atoms with Gasteiger partial charge < -0.3 is 10.1 Å².